The molecule has 1 saturated heterocycles. The Balaban J connectivity index is 0.000000344. The van der Waals surface area contributed by atoms with Gasteiger partial charge in [-0.3, -0.25) is 4.98 Å². The highest BCUT2D eigenvalue weighted by atomic mass is 32.2. The van der Waals surface area contributed by atoms with Crippen molar-refractivity contribution >= 4 is 21.6 Å². The number of hydrogen-bond donors (Lipinski definition) is 1. The van der Waals surface area contributed by atoms with E-state index in [0.717, 1.165) is 48.3 Å². The molecule has 4 heterocycles. The van der Waals surface area contributed by atoms with Gasteiger partial charge in [-0.2, -0.15) is 18.3 Å². The van der Waals surface area contributed by atoms with Crippen molar-refractivity contribution in [2.45, 2.75) is 43.0 Å². The smallest absolute Gasteiger partial charge is 0.475 e. The number of rotatable bonds is 4. The normalized spacial score (nSPS) is 17.9. The van der Waals surface area contributed by atoms with Gasteiger partial charge in [-0.1, -0.05) is 0 Å². The fraction of sp³-hybridized carbons (Fsp3) is 0.429. The molecule has 0 bridgehead atoms. The molecule has 182 valence electrons. The number of aliphatic carboxylic acids is 1. The Kier molecular flexibility index (Phi) is 6.58. The number of nitrogens with zero attached hydrogens (tertiary/aromatic N) is 5. The van der Waals surface area contributed by atoms with Gasteiger partial charge in [-0.15, -0.1) is 0 Å². The molecule has 1 aliphatic heterocycles. The van der Waals surface area contributed by atoms with Gasteiger partial charge < -0.3 is 5.11 Å². The largest absolute Gasteiger partial charge is 0.490 e. The van der Waals surface area contributed by atoms with Crippen molar-refractivity contribution in [3.8, 4) is 11.1 Å². The minimum absolute atomic E-state index is 0.131. The first-order valence-electron chi connectivity index (χ1n) is 10.6. The fourth-order valence-electron chi connectivity index (χ4n) is 3.73. The number of halogens is 3. The maximum absolute atomic E-state index is 12.4. The summed E-state index contributed by atoms with van der Waals surface area (Å²) >= 11 is 0. The van der Waals surface area contributed by atoms with Gasteiger partial charge in [-0.25, -0.2) is 27.0 Å². The van der Waals surface area contributed by atoms with Crippen LogP contribution >= 0.6 is 0 Å². The molecular weight excluding hydrogens is 475 g/mol. The van der Waals surface area contributed by atoms with Crippen LogP contribution < -0.4 is 0 Å². The number of piperidine rings is 1. The van der Waals surface area contributed by atoms with E-state index in [4.69, 9.17) is 9.90 Å². The zero-order chi connectivity index (χ0) is 24.5. The van der Waals surface area contributed by atoms with Crippen LogP contribution in [0.4, 0.5) is 13.2 Å². The summed E-state index contributed by atoms with van der Waals surface area (Å²) in [5.74, 6) is -1.74. The predicted octanol–water partition coefficient (Wildman–Crippen LogP) is 3.10. The topological polar surface area (TPSA) is 118 Å². The van der Waals surface area contributed by atoms with E-state index < -0.39 is 22.2 Å². The van der Waals surface area contributed by atoms with Crippen molar-refractivity contribution in [2.75, 3.05) is 13.1 Å². The van der Waals surface area contributed by atoms with Gasteiger partial charge in [0.25, 0.3) is 0 Å². The molecule has 1 aliphatic carbocycles. The lowest BCUT2D eigenvalue weighted by Crippen LogP contribution is -2.39. The Morgan fingerprint density at radius 2 is 1.62 bits per heavy atom. The van der Waals surface area contributed by atoms with Gasteiger partial charge in [0.15, 0.2) is 11.5 Å². The molecular formula is C21H22F3N5O4S. The third kappa shape index (κ3) is 5.36. The second-order valence-corrected chi connectivity index (χ2v) is 10.4. The van der Waals surface area contributed by atoms with Crippen molar-refractivity contribution in [2.24, 2.45) is 0 Å². The molecule has 0 aromatic carbocycles. The summed E-state index contributed by atoms with van der Waals surface area (Å²) in [4.78, 5) is 17.6. The summed E-state index contributed by atoms with van der Waals surface area (Å²) in [6.07, 6.45) is 3.63. The van der Waals surface area contributed by atoms with E-state index in [1.165, 1.54) is 0 Å². The first-order valence-corrected chi connectivity index (χ1v) is 12.1. The van der Waals surface area contributed by atoms with E-state index in [2.05, 4.69) is 15.1 Å². The third-order valence-electron chi connectivity index (χ3n) is 5.73. The summed E-state index contributed by atoms with van der Waals surface area (Å²) in [7, 11) is -3.07. The number of pyridine rings is 2. The maximum atomic E-state index is 12.4. The molecule has 9 nitrogen and oxygen atoms in total. The minimum atomic E-state index is -5.08. The lowest BCUT2D eigenvalue weighted by molar-refractivity contribution is -0.192. The second kappa shape index (κ2) is 9.29. The van der Waals surface area contributed by atoms with E-state index in [1.54, 1.807) is 16.7 Å². The number of aromatic nitrogens is 4. The fourth-order valence-corrected chi connectivity index (χ4v) is 5.61. The number of sulfonamides is 1. The molecule has 0 amide bonds. The average Bonchev–Trinajstić information content (AvgIpc) is 3.59. The van der Waals surface area contributed by atoms with Crippen molar-refractivity contribution in [1.82, 2.24) is 23.9 Å². The Hall–Kier alpha value is -3.06. The van der Waals surface area contributed by atoms with Crippen LogP contribution in [-0.2, 0) is 14.8 Å². The number of carboxylic acid groups (broad SMARTS) is 1. The predicted molar refractivity (Wildman–Crippen MR) is 115 cm³/mol. The lowest BCUT2D eigenvalue weighted by atomic mass is 9.98. The average molecular weight is 497 g/mol. The van der Waals surface area contributed by atoms with E-state index in [-0.39, 0.29) is 11.2 Å². The van der Waals surface area contributed by atoms with Crippen LogP contribution in [0.2, 0.25) is 0 Å². The van der Waals surface area contributed by atoms with E-state index in [9.17, 15) is 21.6 Å². The summed E-state index contributed by atoms with van der Waals surface area (Å²) < 4.78 is 60.0. The molecule has 13 heteroatoms. The molecule has 0 atom stereocenters. The second-order valence-electron chi connectivity index (χ2n) is 8.15. The summed E-state index contributed by atoms with van der Waals surface area (Å²) in [5, 5.41) is 11.7. The van der Waals surface area contributed by atoms with Gasteiger partial charge in [0.1, 0.15) is 0 Å². The molecule has 5 rings (SSSR count). The highest BCUT2D eigenvalue weighted by molar-refractivity contribution is 7.90. The summed E-state index contributed by atoms with van der Waals surface area (Å²) in [6, 6.07) is 7.94. The van der Waals surface area contributed by atoms with Crippen molar-refractivity contribution in [3.05, 3.63) is 48.7 Å². The standard InChI is InChI=1S/C19H21N5O2S.C2HF3O2/c25-27(26,17-2-3-17)23-11-7-15(8-12-23)19-21-18-4-1-16(13-24(18)22-19)14-5-9-20-10-6-14;3-2(4,5)1(6)7/h1,4-6,9-10,13,15,17H,2-3,7-8,11-12H2;(H,6,7). The lowest BCUT2D eigenvalue weighted by Gasteiger charge is -2.29. The first-order chi connectivity index (χ1) is 16.1. The molecule has 3 aromatic heterocycles. The van der Waals surface area contributed by atoms with Crippen LogP contribution in [0.15, 0.2) is 42.9 Å². The van der Waals surface area contributed by atoms with E-state index in [0.29, 0.717) is 13.1 Å². The van der Waals surface area contributed by atoms with Crippen LogP contribution in [-0.4, -0.2) is 67.9 Å². The molecule has 0 unspecified atom stereocenters. The quantitative estimate of drug-likeness (QED) is 0.589. The molecule has 1 saturated carbocycles. The summed E-state index contributed by atoms with van der Waals surface area (Å²) in [6.45, 7) is 1.14. The number of carbonyl (C=O) groups is 1. The number of fused-ring (bicyclic) bond motifs is 1. The highest BCUT2D eigenvalue weighted by Gasteiger charge is 2.41. The van der Waals surface area contributed by atoms with Gasteiger partial charge in [0.05, 0.1) is 5.25 Å². The molecule has 2 fully saturated rings. The number of hydrogen-bond acceptors (Lipinski definition) is 6. The Labute approximate surface area is 193 Å². The Morgan fingerprint density at radius 1 is 1.00 bits per heavy atom. The molecule has 2 aliphatic rings. The third-order valence-corrected chi connectivity index (χ3v) is 8.13. The zero-order valence-corrected chi connectivity index (χ0v) is 18.7. The van der Waals surface area contributed by atoms with Crippen LogP contribution in [0.3, 0.4) is 0 Å². The van der Waals surface area contributed by atoms with Crippen molar-refractivity contribution in [3.63, 3.8) is 0 Å². The maximum Gasteiger partial charge on any atom is 0.490 e. The molecule has 0 spiro atoms. The molecule has 3 aromatic rings. The van der Waals surface area contributed by atoms with Crippen molar-refractivity contribution in [1.29, 1.82) is 0 Å². The highest BCUT2D eigenvalue weighted by Crippen LogP contribution is 2.35. The molecule has 34 heavy (non-hydrogen) atoms. The Bertz CT molecular complexity index is 1270. The van der Waals surface area contributed by atoms with E-state index in [1.807, 2.05) is 35.0 Å². The SMILES string of the molecule is O=C(O)C(F)(F)F.O=S(=O)(C1CC1)N1CCC(c2nc3ccc(-c4ccncc4)cn3n2)CC1. The van der Waals surface area contributed by atoms with Crippen LogP contribution in [0.1, 0.15) is 37.4 Å². The molecule has 1 N–H and O–H groups in total. The van der Waals surface area contributed by atoms with Gasteiger partial charge in [0, 0.05) is 43.2 Å². The monoisotopic (exact) mass is 497 g/mol. The molecule has 0 radical (unpaired) electrons. The van der Waals surface area contributed by atoms with Crippen LogP contribution in [0.25, 0.3) is 16.8 Å². The van der Waals surface area contributed by atoms with Gasteiger partial charge in [-0.05, 0) is 55.5 Å². The minimum Gasteiger partial charge on any atom is -0.475 e. The van der Waals surface area contributed by atoms with Gasteiger partial charge >= 0.3 is 12.1 Å². The van der Waals surface area contributed by atoms with Crippen molar-refractivity contribution < 1.29 is 31.5 Å². The van der Waals surface area contributed by atoms with Crippen LogP contribution in [0.5, 0.6) is 0 Å². The Morgan fingerprint density at radius 3 is 2.18 bits per heavy atom. The first kappa shape index (κ1) is 24.1. The van der Waals surface area contributed by atoms with E-state index >= 15 is 0 Å². The number of carboxylic acids is 1. The number of alkyl halides is 3. The van der Waals surface area contributed by atoms with Crippen LogP contribution in [0, 0.1) is 0 Å². The zero-order valence-electron chi connectivity index (χ0n) is 17.9. The summed E-state index contributed by atoms with van der Waals surface area (Å²) in [5.41, 5.74) is 2.96. The van der Waals surface area contributed by atoms with Gasteiger partial charge in [0.2, 0.25) is 10.0 Å².